The zero-order valence-corrected chi connectivity index (χ0v) is 19.4. The molecule has 0 N–H and O–H groups in total. The molecule has 3 aliphatic rings. The van der Waals surface area contributed by atoms with Crippen molar-refractivity contribution in [1.82, 2.24) is 23.9 Å². The maximum absolute atomic E-state index is 13.1. The first-order valence-electron chi connectivity index (χ1n) is 12.5. The van der Waals surface area contributed by atoms with Crippen LogP contribution in [-0.2, 0) is 0 Å². The molecule has 7 heteroatoms. The van der Waals surface area contributed by atoms with Crippen molar-refractivity contribution in [3.8, 4) is 11.6 Å². The van der Waals surface area contributed by atoms with E-state index in [1.807, 2.05) is 29.1 Å². The Morgan fingerprint density at radius 2 is 1.66 bits per heavy atom. The average molecular weight is 440 g/mol. The molecule has 2 aromatic heterocycles. The van der Waals surface area contributed by atoms with Gasteiger partial charge < -0.3 is 9.64 Å². The molecule has 32 heavy (non-hydrogen) atoms. The molecule has 0 amide bonds. The van der Waals surface area contributed by atoms with Crippen molar-refractivity contribution in [3.63, 3.8) is 0 Å². The van der Waals surface area contributed by atoms with Crippen LogP contribution in [0.15, 0.2) is 35.5 Å². The number of hydrogen-bond donors (Lipinski definition) is 0. The van der Waals surface area contributed by atoms with E-state index in [2.05, 4.69) is 21.8 Å². The third-order valence-corrected chi connectivity index (χ3v) is 7.72. The summed E-state index contributed by atoms with van der Waals surface area (Å²) in [6, 6.07) is 4.80. The highest BCUT2D eigenvalue weighted by Gasteiger charge is 2.28. The summed E-state index contributed by atoms with van der Waals surface area (Å²) in [5, 5.41) is 0. The fourth-order valence-electron chi connectivity index (χ4n) is 5.76. The second-order valence-corrected chi connectivity index (χ2v) is 9.89. The highest BCUT2D eigenvalue weighted by Crippen LogP contribution is 2.31. The molecule has 0 spiro atoms. The molecule has 174 valence electrons. The number of imidazole rings is 1. The summed E-state index contributed by atoms with van der Waals surface area (Å²) < 4.78 is 9.61. The smallest absolute Gasteiger partial charge is 0.333 e. The van der Waals surface area contributed by atoms with E-state index in [4.69, 9.17) is 4.74 Å². The number of nitrogens with zero attached hydrogens (tertiary/aromatic N) is 5. The number of hydrogen-bond acceptors (Lipinski definition) is 5. The van der Waals surface area contributed by atoms with E-state index in [9.17, 15) is 4.79 Å². The zero-order chi connectivity index (χ0) is 21.9. The first kappa shape index (κ1) is 21.7. The molecule has 3 fully saturated rings. The average Bonchev–Trinajstić information content (AvgIpc) is 3.41. The lowest BCUT2D eigenvalue weighted by atomic mass is 9.90. The van der Waals surface area contributed by atoms with Gasteiger partial charge in [-0.25, -0.2) is 9.78 Å². The van der Waals surface area contributed by atoms with Gasteiger partial charge >= 0.3 is 5.69 Å². The van der Waals surface area contributed by atoms with Crippen molar-refractivity contribution in [2.45, 2.75) is 76.0 Å². The number of pyridine rings is 1. The van der Waals surface area contributed by atoms with Crippen LogP contribution in [0.3, 0.4) is 0 Å². The van der Waals surface area contributed by atoms with E-state index in [1.165, 1.54) is 58.3 Å². The normalized spacial score (nSPS) is 26.3. The number of aromatic nitrogens is 3. The fraction of sp³-hybridized carbons (Fsp3) is 0.680. The van der Waals surface area contributed by atoms with E-state index in [0.717, 1.165) is 31.4 Å². The van der Waals surface area contributed by atoms with Crippen LogP contribution < -0.4 is 10.4 Å². The summed E-state index contributed by atoms with van der Waals surface area (Å²) >= 11 is 0. The minimum absolute atomic E-state index is 0.0381. The summed E-state index contributed by atoms with van der Waals surface area (Å²) in [5.41, 5.74) is 0.839. The molecule has 5 rings (SSSR count). The van der Waals surface area contributed by atoms with Gasteiger partial charge in [-0.05, 0) is 84.0 Å². The predicted octanol–water partition coefficient (Wildman–Crippen LogP) is 3.48. The summed E-state index contributed by atoms with van der Waals surface area (Å²) in [6.45, 7) is 4.76. The molecule has 0 aromatic carbocycles. The van der Waals surface area contributed by atoms with Gasteiger partial charge in [0.1, 0.15) is 6.10 Å². The third-order valence-electron chi connectivity index (χ3n) is 7.72. The topological polar surface area (TPSA) is 55.5 Å². The maximum atomic E-state index is 13.1. The predicted molar refractivity (Wildman–Crippen MR) is 126 cm³/mol. The van der Waals surface area contributed by atoms with Crippen molar-refractivity contribution in [1.29, 1.82) is 0 Å². The van der Waals surface area contributed by atoms with Crippen molar-refractivity contribution >= 4 is 0 Å². The number of likely N-dealkylation sites (N-methyl/N-ethyl adjacent to an activating group) is 1. The van der Waals surface area contributed by atoms with E-state index < -0.39 is 0 Å². The van der Waals surface area contributed by atoms with Crippen molar-refractivity contribution < 1.29 is 4.74 Å². The van der Waals surface area contributed by atoms with E-state index >= 15 is 0 Å². The van der Waals surface area contributed by atoms with Gasteiger partial charge in [0.15, 0.2) is 0 Å². The Hall–Kier alpha value is -2.12. The van der Waals surface area contributed by atoms with Crippen LogP contribution in [0, 0.1) is 0 Å². The SMILES string of the molecule is CN1CCCN(C2CCC(n3ccn(-c4ccc(OC5CCCC5)nc4)c3=O)CC2)CC1. The number of rotatable bonds is 5. The molecule has 2 aromatic rings. The van der Waals surface area contributed by atoms with Gasteiger partial charge in [0.25, 0.3) is 0 Å². The third kappa shape index (κ3) is 4.79. The minimum Gasteiger partial charge on any atom is -0.474 e. The quantitative estimate of drug-likeness (QED) is 0.714. The molecular weight excluding hydrogens is 402 g/mol. The van der Waals surface area contributed by atoms with Crippen LogP contribution in [0.2, 0.25) is 0 Å². The standard InChI is InChI=1S/C25H37N5O2/c1-27-13-4-14-28(16-15-27)20-7-9-21(10-8-20)29-17-18-30(25(29)31)22-11-12-24(26-19-22)32-23-5-2-3-6-23/h11-12,17-21,23H,2-10,13-16H2,1H3. The van der Waals surface area contributed by atoms with Crippen molar-refractivity contribution in [2.75, 3.05) is 33.2 Å². The summed E-state index contributed by atoms with van der Waals surface area (Å²) in [4.78, 5) is 22.7. The largest absolute Gasteiger partial charge is 0.474 e. The molecule has 0 bridgehead atoms. The Morgan fingerprint density at radius 1 is 0.875 bits per heavy atom. The minimum atomic E-state index is 0.0381. The van der Waals surface area contributed by atoms with Crippen LogP contribution >= 0.6 is 0 Å². The maximum Gasteiger partial charge on any atom is 0.333 e. The van der Waals surface area contributed by atoms with Crippen LogP contribution in [-0.4, -0.2) is 69.3 Å². The van der Waals surface area contributed by atoms with Gasteiger partial charge in [-0.15, -0.1) is 0 Å². The molecule has 7 nitrogen and oxygen atoms in total. The van der Waals surface area contributed by atoms with Crippen LogP contribution in [0.4, 0.5) is 0 Å². The molecule has 1 aliphatic heterocycles. The Balaban J connectivity index is 1.20. The van der Waals surface area contributed by atoms with Gasteiger partial charge in [0.2, 0.25) is 5.88 Å². The van der Waals surface area contributed by atoms with Crippen LogP contribution in [0.1, 0.15) is 63.8 Å². The molecule has 1 saturated heterocycles. The monoisotopic (exact) mass is 439 g/mol. The van der Waals surface area contributed by atoms with E-state index in [1.54, 1.807) is 10.8 Å². The highest BCUT2D eigenvalue weighted by atomic mass is 16.5. The van der Waals surface area contributed by atoms with Crippen LogP contribution in [0.25, 0.3) is 5.69 Å². The lowest BCUT2D eigenvalue weighted by Crippen LogP contribution is -2.41. The van der Waals surface area contributed by atoms with Gasteiger partial charge in [-0.1, -0.05) is 0 Å². The fourth-order valence-corrected chi connectivity index (χ4v) is 5.76. The molecule has 3 heterocycles. The van der Waals surface area contributed by atoms with Gasteiger partial charge in [0.05, 0.1) is 11.9 Å². The lowest BCUT2D eigenvalue weighted by molar-refractivity contribution is 0.141. The number of ether oxygens (including phenoxy) is 1. The summed E-state index contributed by atoms with van der Waals surface area (Å²) in [5.74, 6) is 0.658. The molecule has 0 atom stereocenters. The van der Waals surface area contributed by atoms with E-state index in [-0.39, 0.29) is 5.69 Å². The van der Waals surface area contributed by atoms with Crippen molar-refractivity contribution in [3.05, 3.63) is 41.2 Å². The first-order valence-corrected chi connectivity index (χ1v) is 12.5. The summed E-state index contributed by atoms with van der Waals surface area (Å²) in [6.07, 6.45) is 16.4. The second kappa shape index (κ2) is 9.79. The molecule has 0 unspecified atom stereocenters. The lowest BCUT2D eigenvalue weighted by Gasteiger charge is -2.36. The van der Waals surface area contributed by atoms with Crippen LogP contribution in [0.5, 0.6) is 5.88 Å². The van der Waals surface area contributed by atoms with E-state index in [0.29, 0.717) is 24.1 Å². The van der Waals surface area contributed by atoms with Gasteiger partial charge in [-0.3, -0.25) is 14.0 Å². The molecule has 2 saturated carbocycles. The zero-order valence-electron chi connectivity index (χ0n) is 19.4. The Morgan fingerprint density at radius 3 is 2.41 bits per heavy atom. The van der Waals surface area contributed by atoms with Gasteiger partial charge in [-0.2, -0.15) is 0 Å². The first-order chi connectivity index (χ1) is 15.7. The molecule has 0 radical (unpaired) electrons. The Kier molecular flexibility index (Phi) is 6.64. The molecular formula is C25H37N5O2. The second-order valence-electron chi connectivity index (χ2n) is 9.89. The Labute approximate surface area is 191 Å². The summed E-state index contributed by atoms with van der Waals surface area (Å²) in [7, 11) is 2.23. The Bertz CT molecular complexity index is 923. The van der Waals surface area contributed by atoms with Gasteiger partial charge in [0, 0.05) is 43.6 Å². The van der Waals surface area contributed by atoms with Crippen molar-refractivity contribution in [2.24, 2.45) is 0 Å². The molecule has 2 aliphatic carbocycles. The highest BCUT2D eigenvalue weighted by molar-refractivity contribution is 5.31.